The van der Waals surface area contributed by atoms with Gasteiger partial charge >= 0.3 is 0 Å². The van der Waals surface area contributed by atoms with E-state index in [2.05, 4.69) is 0 Å². The van der Waals surface area contributed by atoms with Crippen LogP contribution in [0, 0.1) is 11.3 Å². The molecule has 13 heavy (non-hydrogen) atoms. The van der Waals surface area contributed by atoms with Gasteiger partial charge in [0.15, 0.2) is 11.6 Å². The Hall–Kier alpha value is -0.730. The minimum Gasteiger partial charge on any atom is -0.296 e. The standard InChI is InChI=1S/C10H17FO2/c1-6(2)8(12)7(11)9(13)10(3,4)5/h6-7H,1-5H3. The Bertz CT molecular complexity index is 213. The van der Waals surface area contributed by atoms with E-state index in [0.29, 0.717) is 0 Å². The van der Waals surface area contributed by atoms with E-state index >= 15 is 0 Å². The first-order valence-corrected chi connectivity index (χ1v) is 4.40. The number of hydrogen-bond acceptors (Lipinski definition) is 2. The maximum absolute atomic E-state index is 13.2. The fraction of sp³-hybridized carbons (Fsp3) is 0.800. The van der Waals surface area contributed by atoms with Crippen molar-refractivity contribution in [2.75, 3.05) is 0 Å². The summed E-state index contributed by atoms with van der Waals surface area (Å²) in [4.78, 5) is 22.4. The van der Waals surface area contributed by atoms with E-state index in [1.807, 2.05) is 0 Å². The summed E-state index contributed by atoms with van der Waals surface area (Å²) >= 11 is 0. The summed E-state index contributed by atoms with van der Waals surface area (Å²) in [5.74, 6) is -1.69. The van der Waals surface area contributed by atoms with Gasteiger partial charge in [-0.25, -0.2) is 4.39 Å². The third kappa shape index (κ3) is 3.25. The zero-order valence-electron chi connectivity index (χ0n) is 8.85. The van der Waals surface area contributed by atoms with Gasteiger partial charge in [0.2, 0.25) is 6.17 Å². The normalized spacial score (nSPS) is 14.4. The highest BCUT2D eigenvalue weighted by Gasteiger charge is 2.35. The van der Waals surface area contributed by atoms with Gasteiger partial charge in [-0.15, -0.1) is 0 Å². The lowest BCUT2D eigenvalue weighted by molar-refractivity contribution is -0.140. The van der Waals surface area contributed by atoms with Crippen LogP contribution >= 0.6 is 0 Å². The Balaban J connectivity index is 4.54. The first-order chi connectivity index (χ1) is 5.68. The lowest BCUT2D eigenvalue weighted by Gasteiger charge is -2.19. The molecule has 0 fully saturated rings. The predicted molar refractivity (Wildman–Crippen MR) is 49.2 cm³/mol. The molecule has 0 rings (SSSR count). The van der Waals surface area contributed by atoms with Gasteiger partial charge in [-0.1, -0.05) is 34.6 Å². The summed E-state index contributed by atoms with van der Waals surface area (Å²) in [6.07, 6.45) is -1.96. The minimum absolute atomic E-state index is 0.429. The van der Waals surface area contributed by atoms with Crippen molar-refractivity contribution in [3.8, 4) is 0 Å². The van der Waals surface area contributed by atoms with Crippen molar-refractivity contribution in [2.45, 2.75) is 40.8 Å². The topological polar surface area (TPSA) is 34.1 Å². The molecule has 0 aromatic carbocycles. The molecule has 2 nitrogen and oxygen atoms in total. The van der Waals surface area contributed by atoms with Crippen LogP contribution in [0.3, 0.4) is 0 Å². The lowest BCUT2D eigenvalue weighted by Crippen LogP contribution is -2.37. The highest BCUT2D eigenvalue weighted by Crippen LogP contribution is 2.20. The van der Waals surface area contributed by atoms with Crippen LogP contribution in [-0.4, -0.2) is 17.7 Å². The van der Waals surface area contributed by atoms with Crippen LogP contribution < -0.4 is 0 Å². The number of halogens is 1. The Kier molecular flexibility index (Phi) is 3.76. The number of rotatable bonds is 3. The fourth-order valence-electron chi connectivity index (χ4n) is 0.802. The van der Waals surface area contributed by atoms with E-state index in [4.69, 9.17) is 0 Å². The molecule has 0 aliphatic rings. The Morgan fingerprint density at radius 3 is 1.77 bits per heavy atom. The molecule has 0 saturated carbocycles. The second kappa shape index (κ2) is 3.99. The molecular weight excluding hydrogens is 171 g/mol. The van der Waals surface area contributed by atoms with Crippen LogP contribution in [0.1, 0.15) is 34.6 Å². The molecule has 0 aromatic rings. The van der Waals surface area contributed by atoms with Crippen LogP contribution in [0.2, 0.25) is 0 Å². The summed E-state index contributed by atoms with van der Waals surface area (Å²) in [7, 11) is 0. The number of carbonyl (C=O) groups is 2. The molecule has 76 valence electrons. The van der Waals surface area contributed by atoms with E-state index in [1.54, 1.807) is 34.6 Å². The molecule has 0 spiro atoms. The van der Waals surface area contributed by atoms with Crippen LogP contribution in [0.25, 0.3) is 0 Å². The zero-order valence-corrected chi connectivity index (χ0v) is 8.85. The summed E-state index contributed by atoms with van der Waals surface area (Å²) in [6.45, 7) is 8.00. The van der Waals surface area contributed by atoms with Crippen molar-refractivity contribution >= 4 is 11.6 Å². The maximum Gasteiger partial charge on any atom is 0.217 e. The van der Waals surface area contributed by atoms with E-state index in [9.17, 15) is 14.0 Å². The number of Topliss-reactive ketones (excluding diaryl/α,β-unsaturated/α-hetero) is 2. The molecule has 0 aliphatic heterocycles. The molecule has 3 heteroatoms. The van der Waals surface area contributed by atoms with Crippen molar-refractivity contribution in [3.63, 3.8) is 0 Å². The van der Waals surface area contributed by atoms with Crippen molar-refractivity contribution in [3.05, 3.63) is 0 Å². The average Bonchev–Trinajstić information content (AvgIpc) is 1.98. The molecule has 1 atom stereocenters. The molecule has 0 N–H and O–H groups in total. The molecule has 0 aromatic heterocycles. The molecular formula is C10H17FO2. The molecule has 0 amide bonds. The van der Waals surface area contributed by atoms with Crippen LogP contribution in [0.15, 0.2) is 0 Å². The first kappa shape index (κ1) is 12.3. The molecule has 0 saturated heterocycles. The number of ketones is 2. The van der Waals surface area contributed by atoms with Crippen molar-refractivity contribution < 1.29 is 14.0 Å². The summed E-state index contributed by atoms with van der Waals surface area (Å²) in [6, 6.07) is 0. The van der Waals surface area contributed by atoms with Crippen molar-refractivity contribution in [2.24, 2.45) is 11.3 Å². The average molecular weight is 188 g/mol. The quantitative estimate of drug-likeness (QED) is 0.636. The minimum atomic E-state index is -1.96. The molecule has 0 heterocycles. The van der Waals surface area contributed by atoms with Gasteiger partial charge in [0.25, 0.3) is 0 Å². The number of alkyl halides is 1. The Morgan fingerprint density at radius 1 is 1.15 bits per heavy atom. The molecule has 0 bridgehead atoms. The van der Waals surface area contributed by atoms with Crippen molar-refractivity contribution in [1.29, 1.82) is 0 Å². The molecule has 0 aliphatic carbocycles. The summed E-state index contributed by atoms with van der Waals surface area (Å²) in [5.41, 5.74) is -0.788. The van der Waals surface area contributed by atoms with Gasteiger partial charge in [0, 0.05) is 11.3 Å². The van der Waals surface area contributed by atoms with Crippen LogP contribution in [0.4, 0.5) is 4.39 Å². The SMILES string of the molecule is CC(C)C(=O)C(F)C(=O)C(C)(C)C. The van der Waals surface area contributed by atoms with E-state index in [-0.39, 0.29) is 0 Å². The van der Waals surface area contributed by atoms with Gasteiger partial charge < -0.3 is 0 Å². The summed E-state index contributed by atoms with van der Waals surface area (Å²) < 4.78 is 13.2. The zero-order chi connectivity index (χ0) is 10.8. The van der Waals surface area contributed by atoms with Gasteiger partial charge in [0.05, 0.1) is 0 Å². The second-order valence-electron chi connectivity index (χ2n) is 4.53. The third-order valence-electron chi connectivity index (χ3n) is 1.79. The third-order valence-corrected chi connectivity index (χ3v) is 1.79. The lowest BCUT2D eigenvalue weighted by atomic mass is 9.85. The van der Waals surface area contributed by atoms with Gasteiger partial charge in [-0.05, 0) is 0 Å². The smallest absolute Gasteiger partial charge is 0.217 e. The van der Waals surface area contributed by atoms with E-state index in [1.165, 1.54) is 0 Å². The molecule has 1 unspecified atom stereocenters. The Morgan fingerprint density at radius 2 is 1.54 bits per heavy atom. The van der Waals surface area contributed by atoms with Crippen LogP contribution in [0.5, 0.6) is 0 Å². The number of hydrogen-bond donors (Lipinski definition) is 0. The van der Waals surface area contributed by atoms with Gasteiger partial charge in [-0.3, -0.25) is 9.59 Å². The monoisotopic (exact) mass is 188 g/mol. The van der Waals surface area contributed by atoms with Crippen LogP contribution in [-0.2, 0) is 9.59 Å². The Labute approximate surface area is 78.5 Å². The first-order valence-electron chi connectivity index (χ1n) is 4.40. The highest BCUT2D eigenvalue weighted by atomic mass is 19.1. The predicted octanol–water partition coefficient (Wildman–Crippen LogP) is 2.16. The largest absolute Gasteiger partial charge is 0.296 e. The maximum atomic E-state index is 13.2. The van der Waals surface area contributed by atoms with Gasteiger partial charge in [-0.2, -0.15) is 0 Å². The van der Waals surface area contributed by atoms with E-state index < -0.39 is 29.1 Å². The van der Waals surface area contributed by atoms with Gasteiger partial charge in [0.1, 0.15) is 0 Å². The molecule has 0 radical (unpaired) electrons. The second-order valence-corrected chi connectivity index (χ2v) is 4.53. The highest BCUT2D eigenvalue weighted by molar-refractivity contribution is 6.07. The van der Waals surface area contributed by atoms with Crippen molar-refractivity contribution in [1.82, 2.24) is 0 Å². The van der Waals surface area contributed by atoms with E-state index in [0.717, 1.165) is 0 Å². The fourth-order valence-corrected chi connectivity index (χ4v) is 0.802. The summed E-state index contributed by atoms with van der Waals surface area (Å²) in [5, 5.41) is 0. The number of carbonyl (C=O) groups excluding carboxylic acids is 2.